The van der Waals surface area contributed by atoms with Crippen LogP contribution in [0.5, 0.6) is 0 Å². The molecule has 1 heterocycles. The first kappa shape index (κ1) is 12.4. The zero-order valence-corrected chi connectivity index (χ0v) is 11.2. The zero-order valence-electron chi connectivity index (χ0n) is 11.2. The highest BCUT2D eigenvalue weighted by Crippen LogP contribution is 2.35. The van der Waals surface area contributed by atoms with Gasteiger partial charge in [0.25, 0.3) is 0 Å². The summed E-state index contributed by atoms with van der Waals surface area (Å²) in [5.41, 5.74) is 0. The van der Waals surface area contributed by atoms with Crippen LogP contribution in [0.25, 0.3) is 0 Å². The minimum atomic E-state index is 0.732. The summed E-state index contributed by atoms with van der Waals surface area (Å²) in [6, 6.07) is 1.55. The summed E-state index contributed by atoms with van der Waals surface area (Å²) >= 11 is 0. The van der Waals surface area contributed by atoms with Crippen molar-refractivity contribution in [2.75, 3.05) is 19.6 Å². The van der Waals surface area contributed by atoms with E-state index in [2.05, 4.69) is 31.0 Å². The maximum Gasteiger partial charge on any atom is 0.0148 e. The highest BCUT2D eigenvalue weighted by Gasteiger charge is 2.39. The summed E-state index contributed by atoms with van der Waals surface area (Å²) in [5, 5.41) is 3.81. The summed E-state index contributed by atoms with van der Waals surface area (Å²) in [6.07, 6.45) is 5.62. The van der Waals surface area contributed by atoms with E-state index in [4.69, 9.17) is 0 Å². The van der Waals surface area contributed by atoms with Gasteiger partial charge in [0, 0.05) is 25.2 Å². The molecule has 0 radical (unpaired) electrons. The van der Waals surface area contributed by atoms with E-state index in [1.807, 2.05) is 0 Å². The van der Waals surface area contributed by atoms with Crippen LogP contribution in [-0.4, -0.2) is 36.6 Å². The average molecular weight is 224 g/mol. The van der Waals surface area contributed by atoms with Gasteiger partial charge < -0.3 is 10.2 Å². The summed E-state index contributed by atoms with van der Waals surface area (Å²) < 4.78 is 0. The first-order chi connectivity index (χ1) is 7.72. The SMILES string of the molecule is CCCNC1C2CCCC1CN(C(C)C)C2. The van der Waals surface area contributed by atoms with Crippen molar-refractivity contribution in [3.05, 3.63) is 0 Å². The summed E-state index contributed by atoms with van der Waals surface area (Å²) in [7, 11) is 0. The Kier molecular flexibility index (Phi) is 4.26. The fraction of sp³-hybridized carbons (Fsp3) is 1.00. The predicted octanol–water partition coefficient (Wildman–Crippen LogP) is 2.49. The van der Waals surface area contributed by atoms with Crippen LogP contribution in [0.1, 0.15) is 46.5 Å². The van der Waals surface area contributed by atoms with Crippen molar-refractivity contribution in [3.8, 4) is 0 Å². The van der Waals surface area contributed by atoms with Gasteiger partial charge in [-0.1, -0.05) is 13.3 Å². The van der Waals surface area contributed by atoms with Gasteiger partial charge in [-0.05, 0) is 51.5 Å². The van der Waals surface area contributed by atoms with Crippen molar-refractivity contribution in [2.24, 2.45) is 11.8 Å². The maximum absolute atomic E-state index is 3.81. The Balaban J connectivity index is 1.96. The fourth-order valence-electron chi connectivity index (χ4n) is 3.54. The van der Waals surface area contributed by atoms with Crippen molar-refractivity contribution < 1.29 is 0 Å². The second-order valence-corrected chi connectivity index (χ2v) is 5.98. The first-order valence-electron chi connectivity index (χ1n) is 7.19. The van der Waals surface area contributed by atoms with Crippen LogP contribution < -0.4 is 5.32 Å². The molecule has 1 saturated carbocycles. The number of likely N-dealkylation sites (tertiary alicyclic amines) is 1. The molecule has 16 heavy (non-hydrogen) atoms. The molecule has 94 valence electrons. The van der Waals surface area contributed by atoms with Crippen LogP contribution >= 0.6 is 0 Å². The van der Waals surface area contributed by atoms with Crippen LogP contribution in [-0.2, 0) is 0 Å². The lowest BCUT2D eigenvalue weighted by molar-refractivity contribution is 0.0299. The van der Waals surface area contributed by atoms with Gasteiger partial charge in [-0.25, -0.2) is 0 Å². The molecule has 2 atom stereocenters. The molecular weight excluding hydrogens is 196 g/mol. The molecule has 0 spiro atoms. The smallest absolute Gasteiger partial charge is 0.0148 e. The van der Waals surface area contributed by atoms with Crippen molar-refractivity contribution >= 4 is 0 Å². The van der Waals surface area contributed by atoms with Crippen molar-refractivity contribution in [1.82, 2.24) is 10.2 Å². The molecule has 2 nitrogen and oxygen atoms in total. The second kappa shape index (κ2) is 5.50. The van der Waals surface area contributed by atoms with Crippen LogP contribution in [0.2, 0.25) is 0 Å². The normalized spacial score (nSPS) is 35.6. The Labute approximate surface area is 101 Å². The van der Waals surface area contributed by atoms with Crippen molar-refractivity contribution in [2.45, 2.75) is 58.5 Å². The fourth-order valence-corrected chi connectivity index (χ4v) is 3.54. The Morgan fingerprint density at radius 1 is 1.19 bits per heavy atom. The van der Waals surface area contributed by atoms with E-state index < -0.39 is 0 Å². The zero-order chi connectivity index (χ0) is 11.5. The van der Waals surface area contributed by atoms with E-state index in [0.29, 0.717) is 0 Å². The average Bonchev–Trinajstić information content (AvgIpc) is 2.24. The number of nitrogens with zero attached hydrogens (tertiary/aromatic N) is 1. The number of hydrogen-bond donors (Lipinski definition) is 1. The van der Waals surface area contributed by atoms with Crippen molar-refractivity contribution in [3.63, 3.8) is 0 Å². The molecule has 2 unspecified atom stereocenters. The van der Waals surface area contributed by atoms with Crippen LogP contribution in [0, 0.1) is 11.8 Å². The summed E-state index contributed by atoms with van der Waals surface area (Å²) in [6.45, 7) is 10.8. The Hall–Kier alpha value is -0.0800. The van der Waals surface area contributed by atoms with Crippen LogP contribution in [0.4, 0.5) is 0 Å². The molecule has 1 aliphatic heterocycles. The molecule has 2 rings (SSSR count). The van der Waals surface area contributed by atoms with E-state index in [0.717, 1.165) is 23.9 Å². The molecule has 2 aliphatic rings. The maximum atomic E-state index is 3.81. The van der Waals surface area contributed by atoms with Gasteiger partial charge in [0.05, 0.1) is 0 Å². The highest BCUT2D eigenvalue weighted by molar-refractivity contribution is 4.95. The lowest BCUT2D eigenvalue weighted by Gasteiger charge is -2.49. The molecule has 1 aliphatic carbocycles. The molecule has 0 amide bonds. The Bertz CT molecular complexity index is 201. The van der Waals surface area contributed by atoms with Gasteiger partial charge in [0.15, 0.2) is 0 Å². The molecular formula is C14H28N2. The lowest BCUT2D eigenvalue weighted by Crippen LogP contribution is -2.58. The van der Waals surface area contributed by atoms with Gasteiger partial charge in [0.1, 0.15) is 0 Å². The van der Waals surface area contributed by atoms with E-state index >= 15 is 0 Å². The van der Waals surface area contributed by atoms with E-state index in [1.165, 1.54) is 45.3 Å². The Morgan fingerprint density at radius 2 is 1.81 bits per heavy atom. The monoisotopic (exact) mass is 224 g/mol. The lowest BCUT2D eigenvalue weighted by atomic mass is 9.73. The van der Waals surface area contributed by atoms with E-state index in [-0.39, 0.29) is 0 Å². The number of nitrogens with one attached hydrogen (secondary N) is 1. The van der Waals surface area contributed by atoms with Crippen molar-refractivity contribution in [1.29, 1.82) is 0 Å². The van der Waals surface area contributed by atoms with E-state index in [9.17, 15) is 0 Å². The minimum Gasteiger partial charge on any atom is -0.313 e. The number of hydrogen-bond acceptors (Lipinski definition) is 2. The molecule has 1 N–H and O–H groups in total. The van der Waals surface area contributed by atoms with Crippen LogP contribution in [0.15, 0.2) is 0 Å². The molecule has 2 bridgehead atoms. The van der Waals surface area contributed by atoms with Gasteiger partial charge in [-0.3, -0.25) is 0 Å². The molecule has 0 aromatic rings. The number of piperidine rings is 1. The minimum absolute atomic E-state index is 0.732. The Morgan fingerprint density at radius 3 is 2.31 bits per heavy atom. The third kappa shape index (κ3) is 2.60. The van der Waals surface area contributed by atoms with Gasteiger partial charge in [-0.2, -0.15) is 0 Å². The predicted molar refractivity (Wildman–Crippen MR) is 69.6 cm³/mol. The van der Waals surface area contributed by atoms with Gasteiger partial charge in [-0.15, -0.1) is 0 Å². The first-order valence-corrected chi connectivity index (χ1v) is 7.19. The molecule has 2 fully saturated rings. The molecule has 0 aromatic carbocycles. The standard InChI is InChI=1S/C14H28N2/c1-4-8-15-14-12-6-5-7-13(14)10-16(9-12)11(2)3/h11-15H,4-10H2,1-3H3. The molecule has 0 aromatic heterocycles. The second-order valence-electron chi connectivity index (χ2n) is 5.98. The highest BCUT2D eigenvalue weighted by atomic mass is 15.2. The quantitative estimate of drug-likeness (QED) is 0.789. The molecule has 2 heteroatoms. The summed E-state index contributed by atoms with van der Waals surface area (Å²) in [4.78, 5) is 2.69. The number of rotatable bonds is 4. The molecule has 1 saturated heterocycles. The third-order valence-electron chi connectivity index (χ3n) is 4.46. The van der Waals surface area contributed by atoms with Crippen LogP contribution in [0.3, 0.4) is 0 Å². The summed E-state index contributed by atoms with van der Waals surface area (Å²) in [5.74, 6) is 1.84. The topological polar surface area (TPSA) is 15.3 Å². The number of fused-ring (bicyclic) bond motifs is 2. The van der Waals surface area contributed by atoms with Gasteiger partial charge in [0.2, 0.25) is 0 Å². The largest absolute Gasteiger partial charge is 0.313 e. The van der Waals surface area contributed by atoms with E-state index in [1.54, 1.807) is 0 Å². The third-order valence-corrected chi connectivity index (χ3v) is 4.46. The van der Waals surface area contributed by atoms with Gasteiger partial charge >= 0.3 is 0 Å².